The summed E-state index contributed by atoms with van der Waals surface area (Å²) in [5.41, 5.74) is 4.45. The van der Waals surface area contributed by atoms with Crippen LogP contribution in [-0.4, -0.2) is 46.0 Å². The van der Waals surface area contributed by atoms with Crippen LogP contribution in [0.1, 0.15) is 39.6 Å². The van der Waals surface area contributed by atoms with Crippen molar-refractivity contribution in [2.45, 2.75) is 31.8 Å². The van der Waals surface area contributed by atoms with Crippen molar-refractivity contribution >= 4 is 5.97 Å². The lowest BCUT2D eigenvalue weighted by Gasteiger charge is -2.40. The highest BCUT2D eigenvalue weighted by molar-refractivity contribution is 5.85. The molecule has 24 heavy (non-hydrogen) atoms. The zero-order chi connectivity index (χ0) is 16.7. The number of hydrogen-bond acceptors (Lipinski definition) is 4. The van der Waals surface area contributed by atoms with Gasteiger partial charge in [0.25, 0.3) is 0 Å². The highest BCUT2D eigenvalue weighted by Crippen LogP contribution is 2.34. The molecule has 1 aromatic heterocycles. The van der Waals surface area contributed by atoms with E-state index >= 15 is 0 Å². The van der Waals surface area contributed by atoms with E-state index in [9.17, 15) is 9.90 Å². The molecule has 0 radical (unpaired) electrons. The number of methoxy groups -OCH3 is 1. The molecule has 2 aromatic rings. The molecule has 4 rings (SSSR count). The molecule has 1 aromatic carbocycles. The second-order valence-corrected chi connectivity index (χ2v) is 6.55. The lowest BCUT2D eigenvalue weighted by Crippen LogP contribution is -2.48. The summed E-state index contributed by atoms with van der Waals surface area (Å²) >= 11 is 0. The van der Waals surface area contributed by atoms with Crippen molar-refractivity contribution in [3.05, 3.63) is 46.8 Å². The first-order chi connectivity index (χ1) is 11.7. The molecular formula is C18H21N3O3. The van der Waals surface area contributed by atoms with Crippen LogP contribution in [0.4, 0.5) is 0 Å². The van der Waals surface area contributed by atoms with Gasteiger partial charge in [-0.2, -0.15) is 5.10 Å². The second-order valence-electron chi connectivity index (χ2n) is 6.55. The Morgan fingerprint density at radius 1 is 1.33 bits per heavy atom. The average Bonchev–Trinajstić information content (AvgIpc) is 3.18. The monoisotopic (exact) mass is 327 g/mol. The Hall–Kier alpha value is -2.34. The van der Waals surface area contributed by atoms with E-state index in [1.165, 1.54) is 23.1 Å². The number of aryl methyl sites for hydroxylation is 1. The van der Waals surface area contributed by atoms with Crippen LogP contribution in [-0.2, 0) is 19.4 Å². The predicted octanol–water partition coefficient (Wildman–Crippen LogP) is 2.14. The number of carbonyl (C=O) groups is 1. The number of carboxylic acids is 1. The number of aromatic nitrogens is 2. The minimum Gasteiger partial charge on any atom is -0.496 e. The van der Waals surface area contributed by atoms with Crippen molar-refractivity contribution in [1.29, 1.82) is 0 Å². The third kappa shape index (κ3) is 2.47. The van der Waals surface area contributed by atoms with Crippen LogP contribution >= 0.6 is 0 Å². The molecule has 0 bridgehead atoms. The molecule has 2 aliphatic rings. The molecule has 0 atom stereocenters. The number of fused-ring (bicyclic) bond motifs is 1. The van der Waals surface area contributed by atoms with E-state index in [0.717, 1.165) is 38.2 Å². The quantitative estimate of drug-likeness (QED) is 0.911. The summed E-state index contributed by atoms with van der Waals surface area (Å²) in [6, 6.07) is 5.95. The maximum absolute atomic E-state index is 11.2. The van der Waals surface area contributed by atoms with E-state index in [0.29, 0.717) is 0 Å². The predicted molar refractivity (Wildman–Crippen MR) is 88.5 cm³/mol. The van der Waals surface area contributed by atoms with Gasteiger partial charge in [0.2, 0.25) is 0 Å². The molecule has 1 aliphatic carbocycles. The van der Waals surface area contributed by atoms with Crippen molar-refractivity contribution in [2.75, 3.05) is 20.2 Å². The minimum atomic E-state index is -0.923. The van der Waals surface area contributed by atoms with Gasteiger partial charge in [-0.1, -0.05) is 6.07 Å². The maximum atomic E-state index is 11.2. The molecule has 1 saturated heterocycles. The molecule has 6 nitrogen and oxygen atoms in total. The fraction of sp³-hybridized carbons (Fsp3) is 0.444. The first kappa shape index (κ1) is 15.2. The van der Waals surface area contributed by atoms with Crippen molar-refractivity contribution in [2.24, 2.45) is 0 Å². The fourth-order valence-corrected chi connectivity index (χ4v) is 3.91. The fourth-order valence-electron chi connectivity index (χ4n) is 3.91. The molecule has 6 heteroatoms. The van der Waals surface area contributed by atoms with Crippen LogP contribution in [0.15, 0.2) is 24.4 Å². The Balaban J connectivity index is 1.48. The van der Waals surface area contributed by atoms with Gasteiger partial charge >= 0.3 is 5.97 Å². The lowest BCUT2D eigenvalue weighted by molar-refractivity contribution is 0.0626. The molecule has 0 saturated carbocycles. The van der Waals surface area contributed by atoms with Crippen LogP contribution in [0, 0.1) is 0 Å². The molecule has 1 N–H and O–H groups in total. The van der Waals surface area contributed by atoms with Crippen molar-refractivity contribution in [3.8, 4) is 5.75 Å². The van der Waals surface area contributed by atoms with Crippen LogP contribution < -0.4 is 4.74 Å². The summed E-state index contributed by atoms with van der Waals surface area (Å²) in [5.74, 6) is 0.0397. The van der Waals surface area contributed by atoms with E-state index in [-0.39, 0.29) is 11.7 Å². The number of aromatic carboxylic acids is 1. The van der Waals surface area contributed by atoms with Crippen molar-refractivity contribution in [3.63, 3.8) is 0 Å². The zero-order valence-electron chi connectivity index (χ0n) is 13.7. The number of rotatable bonds is 5. The molecule has 0 unspecified atom stereocenters. The molecule has 1 fully saturated rings. The summed E-state index contributed by atoms with van der Waals surface area (Å²) in [7, 11) is 1.72. The van der Waals surface area contributed by atoms with Gasteiger partial charge < -0.3 is 9.84 Å². The SMILES string of the molecule is COc1ccc2c(c1CN1CC(n3nccc3C(=O)O)C1)CCC2. The normalized spacial score (nSPS) is 17.5. The first-order valence-electron chi connectivity index (χ1n) is 8.34. The van der Waals surface area contributed by atoms with Gasteiger partial charge in [-0.3, -0.25) is 9.58 Å². The smallest absolute Gasteiger partial charge is 0.354 e. The highest BCUT2D eigenvalue weighted by atomic mass is 16.5. The third-order valence-electron chi connectivity index (χ3n) is 5.13. The third-order valence-corrected chi connectivity index (χ3v) is 5.13. The number of benzene rings is 1. The van der Waals surface area contributed by atoms with Gasteiger partial charge in [0.1, 0.15) is 11.4 Å². The van der Waals surface area contributed by atoms with Crippen molar-refractivity contribution < 1.29 is 14.6 Å². The van der Waals surface area contributed by atoms with E-state index in [2.05, 4.69) is 22.1 Å². The number of carboxylic acid groups (broad SMARTS) is 1. The molecule has 1 aliphatic heterocycles. The number of hydrogen-bond donors (Lipinski definition) is 1. The number of likely N-dealkylation sites (tertiary alicyclic amines) is 1. The maximum Gasteiger partial charge on any atom is 0.354 e. The van der Waals surface area contributed by atoms with Gasteiger partial charge in [-0.15, -0.1) is 0 Å². The van der Waals surface area contributed by atoms with Crippen LogP contribution in [0.5, 0.6) is 5.75 Å². The summed E-state index contributed by atoms with van der Waals surface area (Å²) in [4.78, 5) is 13.5. The number of ether oxygens (including phenoxy) is 1. The summed E-state index contributed by atoms with van der Waals surface area (Å²) in [6.45, 7) is 2.48. The van der Waals surface area contributed by atoms with E-state index in [4.69, 9.17) is 4.74 Å². The van der Waals surface area contributed by atoms with Gasteiger partial charge in [-0.05, 0) is 42.5 Å². The van der Waals surface area contributed by atoms with E-state index < -0.39 is 5.97 Å². The molecule has 0 spiro atoms. The van der Waals surface area contributed by atoms with Gasteiger partial charge in [0.15, 0.2) is 0 Å². The standard InChI is InChI=1S/C18H21N3O3/c1-24-17-6-5-12-3-2-4-14(12)15(17)11-20-9-13(10-20)21-16(18(22)23)7-8-19-21/h5-8,13H,2-4,9-11H2,1H3,(H,22,23). The topological polar surface area (TPSA) is 67.6 Å². The first-order valence-corrected chi connectivity index (χ1v) is 8.34. The van der Waals surface area contributed by atoms with Crippen LogP contribution in [0.2, 0.25) is 0 Å². The largest absolute Gasteiger partial charge is 0.496 e. The Morgan fingerprint density at radius 3 is 2.92 bits per heavy atom. The average molecular weight is 327 g/mol. The van der Waals surface area contributed by atoms with Crippen molar-refractivity contribution in [1.82, 2.24) is 14.7 Å². The Labute approximate surface area is 140 Å². The molecule has 2 heterocycles. The van der Waals surface area contributed by atoms with Crippen LogP contribution in [0.25, 0.3) is 0 Å². The molecule has 0 amide bonds. The summed E-state index contributed by atoms with van der Waals surface area (Å²) in [5, 5.41) is 13.4. The Kier molecular flexibility index (Phi) is 3.76. The second kappa shape index (κ2) is 5.94. The van der Waals surface area contributed by atoms with E-state index in [1.807, 2.05) is 0 Å². The summed E-state index contributed by atoms with van der Waals surface area (Å²) in [6.07, 6.45) is 5.05. The van der Waals surface area contributed by atoms with Gasteiger partial charge in [0, 0.05) is 31.4 Å². The highest BCUT2D eigenvalue weighted by Gasteiger charge is 2.32. The van der Waals surface area contributed by atoms with Gasteiger partial charge in [-0.25, -0.2) is 4.79 Å². The summed E-state index contributed by atoms with van der Waals surface area (Å²) < 4.78 is 7.20. The Morgan fingerprint density at radius 2 is 2.17 bits per heavy atom. The number of nitrogens with zero attached hydrogens (tertiary/aromatic N) is 3. The van der Waals surface area contributed by atoms with Crippen LogP contribution in [0.3, 0.4) is 0 Å². The minimum absolute atomic E-state index is 0.133. The zero-order valence-corrected chi connectivity index (χ0v) is 13.7. The molecule has 126 valence electrons. The van der Waals surface area contributed by atoms with Gasteiger partial charge in [0.05, 0.1) is 13.2 Å². The molecular weight excluding hydrogens is 306 g/mol. The lowest BCUT2D eigenvalue weighted by atomic mass is 9.99. The van der Waals surface area contributed by atoms with E-state index in [1.54, 1.807) is 24.1 Å². The Bertz CT molecular complexity index is 778.